The number of carboxylic acid groups (broad SMARTS) is 1. The molecule has 1 atom stereocenters. The van der Waals surface area contributed by atoms with E-state index in [9.17, 15) is 14.7 Å². The van der Waals surface area contributed by atoms with Crippen molar-refractivity contribution in [2.45, 2.75) is 38.8 Å². The summed E-state index contributed by atoms with van der Waals surface area (Å²) in [5, 5.41) is 16.2. The quantitative estimate of drug-likeness (QED) is 0.667. The van der Waals surface area contributed by atoms with Gasteiger partial charge in [-0.2, -0.15) is 0 Å². The maximum absolute atomic E-state index is 12.1. The highest BCUT2D eigenvalue weighted by molar-refractivity contribution is 6.02. The maximum Gasteiger partial charge on any atom is 0.408 e. The van der Waals surface area contributed by atoms with E-state index < -0.39 is 23.7 Å². The molecule has 0 aromatic heterocycles. The van der Waals surface area contributed by atoms with E-state index in [-0.39, 0.29) is 6.42 Å². The second-order valence-corrected chi connectivity index (χ2v) is 7.54. The van der Waals surface area contributed by atoms with Gasteiger partial charge < -0.3 is 15.2 Å². The Balaban J connectivity index is 2.01. The molecule has 0 aliphatic heterocycles. The maximum atomic E-state index is 12.1. The molecule has 0 bridgehead atoms. The predicted octanol–water partition coefficient (Wildman–Crippen LogP) is 4.51. The number of nitrogens with one attached hydrogen (secondary N) is 1. The number of aliphatic carboxylic acids is 1. The first-order valence-corrected chi connectivity index (χ1v) is 8.86. The van der Waals surface area contributed by atoms with Crippen LogP contribution < -0.4 is 5.32 Å². The van der Waals surface area contributed by atoms with Gasteiger partial charge in [-0.1, -0.05) is 48.5 Å². The van der Waals surface area contributed by atoms with Gasteiger partial charge in [-0.15, -0.1) is 0 Å². The van der Waals surface area contributed by atoms with Crippen LogP contribution in [-0.2, 0) is 16.0 Å². The van der Waals surface area contributed by atoms with Crippen molar-refractivity contribution in [3.8, 4) is 0 Å². The summed E-state index contributed by atoms with van der Waals surface area (Å²) in [6, 6.07) is 16.7. The first kappa shape index (κ1) is 18.7. The topological polar surface area (TPSA) is 75.6 Å². The number of benzene rings is 3. The Labute approximate surface area is 157 Å². The van der Waals surface area contributed by atoms with Crippen molar-refractivity contribution in [3.63, 3.8) is 0 Å². The lowest BCUT2D eigenvalue weighted by Crippen LogP contribution is -2.44. The van der Waals surface area contributed by atoms with Crippen molar-refractivity contribution in [1.29, 1.82) is 0 Å². The fourth-order valence-corrected chi connectivity index (χ4v) is 3.18. The summed E-state index contributed by atoms with van der Waals surface area (Å²) < 4.78 is 5.22. The van der Waals surface area contributed by atoms with Gasteiger partial charge in [-0.05, 0) is 53.9 Å². The van der Waals surface area contributed by atoms with E-state index in [0.717, 1.165) is 27.1 Å². The summed E-state index contributed by atoms with van der Waals surface area (Å²) in [7, 11) is 0. The molecule has 0 aliphatic carbocycles. The molecule has 140 valence electrons. The average molecular weight is 365 g/mol. The minimum atomic E-state index is -1.10. The zero-order chi connectivity index (χ0) is 19.6. The van der Waals surface area contributed by atoms with Gasteiger partial charge in [0.05, 0.1) is 0 Å². The van der Waals surface area contributed by atoms with Crippen LogP contribution in [0.3, 0.4) is 0 Å². The molecule has 5 nitrogen and oxygen atoms in total. The lowest BCUT2D eigenvalue weighted by atomic mass is 9.92. The number of carbonyl (C=O) groups is 2. The highest BCUT2D eigenvalue weighted by atomic mass is 16.6. The predicted molar refractivity (Wildman–Crippen MR) is 106 cm³/mol. The number of ether oxygens (including phenoxy) is 1. The molecule has 0 saturated heterocycles. The van der Waals surface area contributed by atoms with E-state index in [0.29, 0.717) is 0 Å². The Kier molecular flexibility index (Phi) is 5.04. The summed E-state index contributed by atoms with van der Waals surface area (Å²) in [6.45, 7) is 5.21. The summed E-state index contributed by atoms with van der Waals surface area (Å²) in [5.74, 6) is -1.10. The molecule has 3 aromatic carbocycles. The van der Waals surface area contributed by atoms with Crippen LogP contribution in [0.1, 0.15) is 26.3 Å². The zero-order valence-electron chi connectivity index (χ0n) is 15.7. The lowest BCUT2D eigenvalue weighted by molar-refractivity contribution is -0.139. The van der Waals surface area contributed by atoms with E-state index >= 15 is 0 Å². The van der Waals surface area contributed by atoms with Gasteiger partial charge in [0.25, 0.3) is 0 Å². The Morgan fingerprint density at radius 3 is 2.00 bits per heavy atom. The number of carboxylic acids is 1. The summed E-state index contributed by atoms with van der Waals surface area (Å²) >= 11 is 0. The van der Waals surface area contributed by atoms with Gasteiger partial charge in [-0.25, -0.2) is 9.59 Å². The Hall–Kier alpha value is -3.08. The van der Waals surface area contributed by atoms with Crippen LogP contribution in [0.15, 0.2) is 54.6 Å². The number of alkyl carbamates (subject to hydrolysis) is 1. The van der Waals surface area contributed by atoms with Crippen LogP contribution in [-0.4, -0.2) is 28.8 Å². The van der Waals surface area contributed by atoms with E-state index in [4.69, 9.17) is 4.74 Å². The van der Waals surface area contributed by atoms with Crippen molar-refractivity contribution in [2.24, 2.45) is 0 Å². The molecule has 0 unspecified atom stereocenters. The number of hydrogen-bond acceptors (Lipinski definition) is 3. The minimum absolute atomic E-state index is 0.163. The standard InChI is InChI=1S/C22H23NO4/c1-22(2,3)27-21(26)23-19(20(24)25)13-18-16-10-6-4-8-14(16)12-15-9-5-7-11-17(15)18/h4-12,19H,13H2,1-3H3,(H,23,26)(H,24,25)/t19-/m0/s1. The molecule has 27 heavy (non-hydrogen) atoms. The van der Waals surface area contributed by atoms with Gasteiger partial charge in [0.15, 0.2) is 0 Å². The molecular formula is C22H23NO4. The van der Waals surface area contributed by atoms with E-state index in [1.165, 1.54) is 0 Å². The van der Waals surface area contributed by atoms with Crippen LogP contribution in [0.2, 0.25) is 0 Å². The third kappa shape index (κ3) is 4.37. The fourth-order valence-electron chi connectivity index (χ4n) is 3.18. The molecule has 0 aliphatic rings. The molecule has 1 amide bonds. The smallest absolute Gasteiger partial charge is 0.408 e. The van der Waals surface area contributed by atoms with Crippen molar-refractivity contribution >= 4 is 33.6 Å². The molecule has 2 N–H and O–H groups in total. The summed E-state index contributed by atoms with van der Waals surface area (Å²) in [5.41, 5.74) is 0.200. The summed E-state index contributed by atoms with van der Waals surface area (Å²) in [4.78, 5) is 23.9. The molecule has 0 saturated carbocycles. The van der Waals surface area contributed by atoms with Crippen molar-refractivity contribution < 1.29 is 19.4 Å². The first-order valence-electron chi connectivity index (χ1n) is 8.86. The van der Waals surface area contributed by atoms with Crippen LogP contribution in [0.5, 0.6) is 0 Å². The molecule has 3 rings (SSSR count). The Bertz CT molecular complexity index is 950. The lowest BCUT2D eigenvalue weighted by Gasteiger charge is -2.22. The summed E-state index contributed by atoms with van der Waals surface area (Å²) in [6.07, 6.45) is -0.573. The fraction of sp³-hybridized carbons (Fsp3) is 0.273. The number of fused-ring (bicyclic) bond motifs is 2. The van der Waals surface area contributed by atoms with Crippen molar-refractivity contribution in [3.05, 3.63) is 60.2 Å². The van der Waals surface area contributed by atoms with E-state index in [1.54, 1.807) is 20.8 Å². The monoisotopic (exact) mass is 365 g/mol. The molecule has 0 heterocycles. The van der Waals surface area contributed by atoms with Crippen molar-refractivity contribution in [2.75, 3.05) is 0 Å². The Morgan fingerprint density at radius 2 is 1.52 bits per heavy atom. The van der Waals surface area contributed by atoms with Gasteiger partial charge in [-0.3, -0.25) is 0 Å². The molecule has 3 aromatic rings. The molecular weight excluding hydrogens is 342 g/mol. The second kappa shape index (κ2) is 7.27. The van der Waals surface area contributed by atoms with Crippen molar-refractivity contribution in [1.82, 2.24) is 5.32 Å². The van der Waals surface area contributed by atoms with Crippen LogP contribution >= 0.6 is 0 Å². The van der Waals surface area contributed by atoms with Crippen LogP contribution in [0.25, 0.3) is 21.5 Å². The highest BCUT2D eigenvalue weighted by Crippen LogP contribution is 2.29. The SMILES string of the molecule is CC(C)(C)OC(=O)N[C@@H](Cc1c2ccccc2cc2ccccc12)C(=O)O. The number of rotatable bonds is 4. The molecule has 0 radical (unpaired) electrons. The van der Waals surface area contributed by atoms with Gasteiger partial charge in [0.1, 0.15) is 11.6 Å². The van der Waals surface area contributed by atoms with Crippen LogP contribution in [0.4, 0.5) is 4.79 Å². The second-order valence-electron chi connectivity index (χ2n) is 7.54. The average Bonchev–Trinajstić information content (AvgIpc) is 2.59. The molecule has 0 fully saturated rings. The largest absolute Gasteiger partial charge is 0.480 e. The number of amides is 1. The first-order chi connectivity index (χ1) is 12.7. The van der Waals surface area contributed by atoms with Gasteiger partial charge in [0, 0.05) is 6.42 Å². The molecule has 5 heteroatoms. The third-order valence-corrected chi connectivity index (χ3v) is 4.28. The molecule has 0 spiro atoms. The van der Waals surface area contributed by atoms with Gasteiger partial charge >= 0.3 is 12.1 Å². The van der Waals surface area contributed by atoms with Gasteiger partial charge in [0.2, 0.25) is 0 Å². The highest BCUT2D eigenvalue weighted by Gasteiger charge is 2.25. The number of hydrogen-bond donors (Lipinski definition) is 2. The third-order valence-electron chi connectivity index (χ3n) is 4.28. The Morgan fingerprint density at radius 1 is 1.00 bits per heavy atom. The van der Waals surface area contributed by atoms with E-state index in [1.807, 2.05) is 48.5 Å². The number of carbonyl (C=O) groups excluding carboxylic acids is 1. The minimum Gasteiger partial charge on any atom is -0.480 e. The van der Waals surface area contributed by atoms with Crippen LogP contribution in [0, 0.1) is 0 Å². The normalized spacial score (nSPS) is 12.7. The zero-order valence-corrected chi connectivity index (χ0v) is 15.7. The van der Waals surface area contributed by atoms with E-state index in [2.05, 4.69) is 11.4 Å².